The summed E-state index contributed by atoms with van der Waals surface area (Å²) in [5, 5.41) is 9.56. The highest BCUT2D eigenvalue weighted by molar-refractivity contribution is 7.44. The first-order valence-corrected chi connectivity index (χ1v) is 27.0. The smallest absolute Gasteiger partial charge is 0.330 e. The number of unbranched alkanes of at least 4 members (excludes halogenated alkanes) is 13. The molecule has 5 rings (SSSR count). The molecular weight excluding hydrogens is 904 g/mol. The molecule has 0 aliphatic carbocycles. The molecule has 3 aromatic carbocycles. The molecule has 0 bridgehead atoms. The van der Waals surface area contributed by atoms with Gasteiger partial charge in [-0.15, -0.1) is 0 Å². The van der Waals surface area contributed by atoms with Crippen molar-refractivity contribution in [2.24, 2.45) is 5.92 Å². The van der Waals surface area contributed by atoms with E-state index in [1.807, 2.05) is 78.9 Å². The van der Waals surface area contributed by atoms with Crippen molar-refractivity contribution >= 4 is 8.53 Å². The molecule has 1 saturated heterocycles. The molecule has 384 valence electrons. The first kappa shape index (κ1) is 56.5. The Kier molecular flexibility index (Phi) is 24.6. The second-order valence-electron chi connectivity index (χ2n) is 18.8. The standard InChI is InChI=1S/C56H81N4O9P/c1-8-9-10-11-12-13-14-15-16-17-18-19-20-24-39-65-41-50-53(69-70(67-40-25-37-57)60(43(2)3)44(4)5)51(68-54(50)59-38-36-52(61)58-55(59)62)42-66-56(45-26-22-21-23-27-45,46-28-32-48(63-6)33-29-46)47-30-34-49(64-7)35-31-47/h21-23,26-36,38,43-44,50-51,53-54H,8-20,24-25,39-42H2,1-7H3,(H,58,61,62)/t50-,51-,53+,54-,70?/m1/s1. The molecule has 70 heavy (non-hydrogen) atoms. The van der Waals surface area contributed by atoms with Gasteiger partial charge in [-0.1, -0.05) is 145 Å². The monoisotopic (exact) mass is 985 g/mol. The average molecular weight is 985 g/mol. The maximum atomic E-state index is 13.7. The second kappa shape index (κ2) is 30.5. The summed E-state index contributed by atoms with van der Waals surface area (Å²) in [6, 6.07) is 29.3. The number of hydrogen-bond donors (Lipinski definition) is 1. The number of H-pyrrole nitrogens is 1. The largest absolute Gasteiger partial charge is 0.497 e. The number of rotatable bonds is 34. The lowest BCUT2D eigenvalue weighted by Gasteiger charge is -2.39. The average Bonchev–Trinajstić information content (AvgIpc) is 3.69. The lowest BCUT2D eigenvalue weighted by atomic mass is 9.80. The normalized spacial score (nSPS) is 17.6. The summed E-state index contributed by atoms with van der Waals surface area (Å²) < 4.78 is 49.6. The fourth-order valence-corrected chi connectivity index (χ4v) is 11.3. The Hall–Kier alpha value is -4.38. The van der Waals surface area contributed by atoms with Gasteiger partial charge in [0.2, 0.25) is 0 Å². The maximum Gasteiger partial charge on any atom is 0.330 e. The molecular formula is C56H81N4O9P. The third kappa shape index (κ3) is 16.3. The Bertz CT molecular complexity index is 2160. The molecule has 1 N–H and O–H groups in total. The van der Waals surface area contributed by atoms with Crippen molar-refractivity contribution in [3.63, 3.8) is 0 Å². The summed E-state index contributed by atoms with van der Waals surface area (Å²) in [7, 11) is 1.49. The van der Waals surface area contributed by atoms with Gasteiger partial charge >= 0.3 is 5.69 Å². The quantitative estimate of drug-likeness (QED) is 0.0271. The highest BCUT2D eigenvalue weighted by Gasteiger charge is 2.51. The van der Waals surface area contributed by atoms with Crippen molar-refractivity contribution in [2.45, 2.75) is 167 Å². The molecule has 0 spiro atoms. The number of methoxy groups -OCH3 is 2. The van der Waals surface area contributed by atoms with Gasteiger partial charge in [0.15, 0.2) is 0 Å². The van der Waals surface area contributed by atoms with E-state index in [1.165, 1.54) is 87.5 Å². The van der Waals surface area contributed by atoms with E-state index in [0.717, 1.165) is 36.0 Å². The number of nitrogens with one attached hydrogen (secondary N) is 1. The first-order valence-electron chi connectivity index (χ1n) is 25.9. The Balaban J connectivity index is 1.46. The van der Waals surface area contributed by atoms with Crippen LogP contribution >= 0.6 is 8.53 Å². The number of aromatic nitrogens is 2. The van der Waals surface area contributed by atoms with Gasteiger partial charge in [0.05, 0.1) is 52.4 Å². The summed E-state index contributed by atoms with van der Waals surface area (Å²) in [4.78, 5) is 28.6. The molecule has 1 aliphatic rings. The molecule has 5 atom stereocenters. The van der Waals surface area contributed by atoms with Crippen LogP contribution < -0.4 is 20.7 Å². The molecule has 2 heterocycles. The summed E-state index contributed by atoms with van der Waals surface area (Å²) in [5.74, 6) is 0.843. The topological polar surface area (TPSA) is 146 Å². The van der Waals surface area contributed by atoms with Crippen LogP contribution in [0, 0.1) is 17.2 Å². The Labute approximate surface area is 419 Å². The zero-order valence-electron chi connectivity index (χ0n) is 43.0. The second-order valence-corrected chi connectivity index (χ2v) is 20.3. The van der Waals surface area contributed by atoms with Gasteiger partial charge in [-0.2, -0.15) is 5.26 Å². The van der Waals surface area contributed by atoms with Crippen LogP contribution in [0.1, 0.15) is 154 Å². The molecule has 0 radical (unpaired) electrons. The van der Waals surface area contributed by atoms with E-state index in [1.54, 1.807) is 14.2 Å². The van der Waals surface area contributed by atoms with E-state index >= 15 is 0 Å². The van der Waals surface area contributed by atoms with Crippen LogP contribution in [0.15, 0.2) is 101 Å². The zero-order chi connectivity index (χ0) is 50.1. The summed E-state index contributed by atoms with van der Waals surface area (Å²) in [5.41, 5.74) is 0.252. The van der Waals surface area contributed by atoms with Gasteiger partial charge in [0.1, 0.15) is 35.5 Å². The summed E-state index contributed by atoms with van der Waals surface area (Å²) in [6.07, 6.45) is 16.9. The van der Waals surface area contributed by atoms with E-state index in [4.69, 9.17) is 32.7 Å². The molecule has 1 aromatic heterocycles. The highest BCUT2D eigenvalue weighted by atomic mass is 31.2. The van der Waals surface area contributed by atoms with Gasteiger partial charge in [-0.3, -0.25) is 14.3 Å². The third-order valence-electron chi connectivity index (χ3n) is 13.1. The van der Waals surface area contributed by atoms with Crippen molar-refractivity contribution in [1.29, 1.82) is 5.26 Å². The fraction of sp³-hybridized carbons (Fsp3) is 0.589. The minimum atomic E-state index is -1.78. The minimum Gasteiger partial charge on any atom is -0.497 e. The van der Waals surface area contributed by atoms with Crippen molar-refractivity contribution in [3.8, 4) is 17.6 Å². The maximum absolute atomic E-state index is 13.7. The fourth-order valence-electron chi connectivity index (χ4n) is 9.45. The number of aromatic amines is 1. The molecule has 1 unspecified atom stereocenters. The minimum absolute atomic E-state index is 0.00753. The number of nitriles is 1. The Morgan fingerprint density at radius 2 is 1.24 bits per heavy atom. The van der Waals surface area contributed by atoms with Crippen molar-refractivity contribution in [1.82, 2.24) is 14.2 Å². The zero-order valence-corrected chi connectivity index (χ0v) is 43.9. The molecule has 1 aliphatic heterocycles. The third-order valence-corrected chi connectivity index (χ3v) is 15.2. The number of nitrogens with zero attached hydrogens (tertiary/aromatic N) is 3. The predicted molar refractivity (Wildman–Crippen MR) is 278 cm³/mol. The highest BCUT2D eigenvalue weighted by Crippen LogP contribution is 2.52. The van der Waals surface area contributed by atoms with Gasteiger partial charge in [-0.05, 0) is 75.1 Å². The number of hydrogen-bond acceptors (Lipinski definition) is 11. The van der Waals surface area contributed by atoms with Crippen LogP contribution in [-0.2, 0) is 28.9 Å². The van der Waals surface area contributed by atoms with Crippen LogP contribution in [0.5, 0.6) is 11.5 Å². The van der Waals surface area contributed by atoms with Crippen LogP contribution in [0.3, 0.4) is 0 Å². The Morgan fingerprint density at radius 1 is 0.714 bits per heavy atom. The van der Waals surface area contributed by atoms with Gasteiger partial charge in [0, 0.05) is 31.0 Å². The lowest BCUT2D eigenvalue weighted by molar-refractivity contribution is -0.0939. The number of benzene rings is 3. The van der Waals surface area contributed by atoms with Crippen LogP contribution in [0.25, 0.3) is 0 Å². The first-order chi connectivity index (χ1) is 34.1. The summed E-state index contributed by atoms with van der Waals surface area (Å²) >= 11 is 0. The SMILES string of the molecule is CCCCCCCCCCCCCCCCOC[C@@H]1[C@H](OP(OCCC#N)N(C(C)C)C(C)C)[C@@H](COC(c2ccccc2)(c2ccc(OC)cc2)c2ccc(OC)cc2)O[C@H]1n1ccc(=O)[nH]c1=O. The molecule has 14 heteroatoms. The van der Waals surface area contributed by atoms with E-state index in [2.05, 4.69) is 50.3 Å². The van der Waals surface area contributed by atoms with Crippen molar-refractivity contribution in [2.75, 3.05) is 40.6 Å². The van der Waals surface area contributed by atoms with Crippen LogP contribution in [-0.4, -0.2) is 79.2 Å². The molecule has 13 nitrogen and oxygen atoms in total. The van der Waals surface area contributed by atoms with E-state index < -0.39 is 49.7 Å². The van der Waals surface area contributed by atoms with E-state index in [9.17, 15) is 14.9 Å². The summed E-state index contributed by atoms with van der Waals surface area (Å²) in [6.45, 7) is 11.5. The molecule has 0 amide bonds. The van der Waals surface area contributed by atoms with E-state index in [0.29, 0.717) is 18.1 Å². The van der Waals surface area contributed by atoms with Gasteiger partial charge < -0.3 is 32.7 Å². The van der Waals surface area contributed by atoms with E-state index in [-0.39, 0.29) is 38.3 Å². The molecule has 0 saturated carbocycles. The molecule has 4 aromatic rings. The number of ether oxygens (including phenoxy) is 5. The van der Waals surface area contributed by atoms with Crippen molar-refractivity contribution in [3.05, 3.63) is 129 Å². The predicted octanol–water partition coefficient (Wildman–Crippen LogP) is 12.2. The van der Waals surface area contributed by atoms with Crippen LogP contribution in [0.4, 0.5) is 0 Å². The van der Waals surface area contributed by atoms with Gasteiger partial charge in [-0.25, -0.2) is 9.46 Å². The molecule has 1 fully saturated rings. The lowest BCUT2D eigenvalue weighted by Crippen LogP contribution is -2.42. The van der Waals surface area contributed by atoms with Gasteiger partial charge in [0.25, 0.3) is 14.1 Å². The van der Waals surface area contributed by atoms with Crippen molar-refractivity contribution < 1.29 is 32.7 Å². The Morgan fingerprint density at radius 3 is 1.74 bits per heavy atom. The van der Waals surface area contributed by atoms with Crippen LogP contribution in [0.2, 0.25) is 0 Å².